The first-order valence-electron chi connectivity index (χ1n) is 20.7. The molecule has 2 fully saturated rings. The average molecular weight is 908 g/mol. The van der Waals surface area contributed by atoms with Gasteiger partial charge < -0.3 is 34.5 Å². The number of nitrogens with one attached hydrogen (secondary N) is 2. The van der Waals surface area contributed by atoms with Crippen LogP contribution in [0.2, 0.25) is 0 Å². The molecule has 8 rings (SSSR count). The second kappa shape index (κ2) is 19.3. The molecule has 1 amide bonds. The highest BCUT2D eigenvalue weighted by Crippen LogP contribution is 2.34. The summed E-state index contributed by atoms with van der Waals surface area (Å²) in [6.45, 7) is 13.9. The normalized spacial score (nSPS) is 15.2. The summed E-state index contributed by atoms with van der Waals surface area (Å²) in [6, 6.07) is 9.99. The molecule has 2 atom stereocenters. The largest absolute Gasteiger partial charge is 0.471 e. The maximum Gasteiger partial charge on any atom is 0.410 e. The number of halogens is 6. The summed E-state index contributed by atoms with van der Waals surface area (Å²) >= 11 is 0. The molecule has 2 N–H and O–H groups in total. The standard InChI is InChI=1S/C25H28F3N5O3.C20H19F3N4O2/c1-13(16-7-6-8-17(21(16)26)22(27)28)30-23-18-9-20(29-10-19(18)31-14(2)32-23)35-15-11-33(12-15)24(34)36-25(3,4)5;1-10(13-4-3-5-14(18(13)21)19(22)23)25-20-15-6-17(29-12-8-28-9-12)24-7-16(15)26-11(2)27-20/h6-10,13,15,22H,11-12H2,1-5H3,(H,30,31,32);3-7,10,12,19H,8-9H2,1-2H3,(H,25,26,27)/t13-;10-/m11/s1. The molecule has 0 bridgehead atoms. The van der Waals surface area contributed by atoms with E-state index in [0.717, 1.165) is 12.1 Å². The third kappa shape index (κ3) is 11.0. The van der Waals surface area contributed by atoms with E-state index in [1.807, 2.05) is 0 Å². The second-order valence-corrected chi connectivity index (χ2v) is 16.6. The monoisotopic (exact) mass is 907 g/mol. The zero-order chi connectivity index (χ0) is 46.7. The molecule has 0 saturated carbocycles. The highest BCUT2D eigenvalue weighted by atomic mass is 19.3. The highest BCUT2D eigenvalue weighted by molar-refractivity contribution is 5.90. The summed E-state index contributed by atoms with van der Waals surface area (Å²) in [5.41, 5.74) is -0.496. The number of carbonyl (C=O) groups excluding carboxylic acids is 1. The maximum absolute atomic E-state index is 14.7. The lowest BCUT2D eigenvalue weighted by molar-refractivity contribution is -0.0812. The summed E-state index contributed by atoms with van der Waals surface area (Å²) in [6.07, 6.45) is -3.39. The van der Waals surface area contributed by atoms with Gasteiger partial charge in [-0.3, -0.25) is 0 Å². The number of carbonyl (C=O) groups is 1. The number of ether oxygens (including phenoxy) is 4. The first-order valence-corrected chi connectivity index (χ1v) is 20.7. The van der Waals surface area contributed by atoms with Crippen molar-refractivity contribution in [1.29, 1.82) is 0 Å². The van der Waals surface area contributed by atoms with Crippen LogP contribution in [0.15, 0.2) is 60.9 Å². The molecule has 344 valence electrons. The fourth-order valence-electron chi connectivity index (χ4n) is 6.93. The lowest BCUT2D eigenvalue weighted by Crippen LogP contribution is -2.57. The van der Waals surface area contributed by atoms with Gasteiger partial charge in [0.05, 0.1) is 72.9 Å². The highest BCUT2D eigenvalue weighted by Gasteiger charge is 2.35. The summed E-state index contributed by atoms with van der Waals surface area (Å²) < 4.78 is 104. The summed E-state index contributed by atoms with van der Waals surface area (Å²) in [5, 5.41) is 7.44. The van der Waals surface area contributed by atoms with E-state index in [2.05, 4.69) is 40.5 Å². The molecule has 20 heteroatoms. The number of rotatable bonds is 12. The Balaban J connectivity index is 0.000000198. The van der Waals surface area contributed by atoms with E-state index in [0.29, 0.717) is 83.2 Å². The number of benzene rings is 2. The third-order valence-corrected chi connectivity index (χ3v) is 10.2. The predicted molar refractivity (Wildman–Crippen MR) is 228 cm³/mol. The van der Waals surface area contributed by atoms with Gasteiger partial charge in [-0.2, -0.15) is 0 Å². The van der Waals surface area contributed by atoms with Crippen LogP contribution in [-0.4, -0.2) is 85.0 Å². The number of aromatic nitrogens is 6. The number of anilines is 2. The Labute approximate surface area is 370 Å². The van der Waals surface area contributed by atoms with Crippen LogP contribution in [0.4, 0.5) is 42.8 Å². The van der Waals surface area contributed by atoms with Crippen LogP contribution in [0.25, 0.3) is 21.8 Å². The lowest BCUT2D eigenvalue weighted by Gasteiger charge is -2.39. The molecular formula is C45H47F6N9O5. The van der Waals surface area contributed by atoms with Crippen LogP contribution in [0.1, 0.15) is 93.5 Å². The Morgan fingerprint density at radius 3 is 1.54 bits per heavy atom. The maximum atomic E-state index is 14.7. The zero-order valence-electron chi connectivity index (χ0n) is 36.5. The van der Waals surface area contributed by atoms with E-state index in [4.69, 9.17) is 18.9 Å². The quantitative estimate of drug-likeness (QED) is 0.112. The number of nitrogens with zero attached hydrogens (tertiary/aromatic N) is 7. The molecule has 0 aliphatic carbocycles. The summed E-state index contributed by atoms with van der Waals surface area (Å²) in [5.74, 6) is 0.631. The number of hydrogen-bond donors (Lipinski definition) is 2. The molecule has 2 aromatic carbocycles. The molecule has 0 radical (unpaired) electrons. The van der Waals surface area contributed by atoms with Crippen molar-refractivity contribution < 1.29 is 50.1 Å². The Bertz CT molecular complexity index is 2680. The molecule has 6 aromatic rings. The van der Waals surface area contributed by atoms with E-state index < -0.39 is 59.4 Å². The van der Waals surface area contributed by atoms with E-state index in [-0.39, 0.29) is 23.3 Å². The van der Waals surface area contributed by atoms with Crippen molar-refractivity contribution in [3.63, 3.8) is 0 Å². The SMILES string of the molecule is Cc1nc(N[C@H](C)c2cccc(C(F)F)c2F)c2cc(OC3CN(C(=O)OC(C)(C)C)C3)ncc2n1.Cc1nc(N[C@H](C)c2cccc(C(F)F)c2F)c2cc(OC3COC3)ncc2n1. The van der Waals surface area contributed by atoms with Gasteiger partial charge >= 0.3 is 6.09 Å². The van der Waals surface area contributed by atoms with Gasteiger partial charge in [-0.15, -0.1) is 0 Å². The van der Waals surface area contributed by atoms with Gasteiger partial charge in [0.1, 0.15) is 52.7 Å². The number of pyridine rings is 2. The van der Waals surface area contributed by atoms with Crippen LogP contribution in [-0.2, 0) is 9.47 Å². The van der Waals surface area contributed by atoms with Gasteiger partial charge in [0.25, 0.3) is 12.9 Å². The van der Waals surface area contributed by atoms with E-state index in [9.17, 15) is 31.1 Å². The first kappa shape index (κ1) is 46.4. The molecule has 2 aliphatic heterocycles. The number of hydrogen-bond acceptors (Lipinski definition) is 13. The van der Waals surface area contributed by atoms with Gasteiger partial charge in [-0.1, -0.05) is 36.4 Å². The van der Waals surface area contributed by atoms with Gasteiger partial charge in [0.15, 0.2) is 0 Å². The Morgan fingerprint density at radius 2 is 1.14 bits per heavy atom. The predicted octanol–water partition coefficient (Wildman–Crippen LogP) is 9.94. The average Bonchev–Trinajstić information content (AvgIpc) is 3.20. The van der Waals surface area contributed by atoms with Crippen molar-refractivity contribution in [2.45, 2.75) is 91.2 Å². The lowest BCUT2D eigenvalue weighted by atomic mass is 10.0. The van der Waals surface area contributed by atoms with Crippen molar-refractivity contribution in [3.05, 3.63) is 106 Å². The van der Waals surface area contributed by atoms with Crippen molar-refractivity contribution in [1.82, 2.24) is 34.8 Å². The van der Waals surface area contributed by atoms with Crippen molar-refractivity contribution in [2.75, 3.05) is 36.9 Å². The Hall–Kier alpha value is -6.57. The van der Waals surface area contributed by atoms with Crippen LogP contribution in [0, 0.1) is 25.5 Å². The number of fused-ring (bicyclic) bond motifs is 2. The zero-order valence-corrected chi connectivity index (χ0v) is 36.5. The molecule has 2 saturated heterocycles. The molecule has 14 nitrogen and oxygen atoms in total. The van der Waals surface area contributed by atoms with Crippen LogP contribution < -0.4 is 20.1 Å². The molecule has 0 unspecified atom stereocenters. The van der Waals surface area contributed by atoms with Gasteiger partial charge in [0.2, 0.25) is 11.8 Å². The first-order chi connectivity index (χ1) is 30.8. The minimum Gasteiger partial charge on any atom is -0.471 e. The molecular weight excluding hydrogens is 861 g/mol. The third-order valence-electron chi connectivity index (χ3n) is 10.2. The van der Waals surface area contributed by atoms with Crippen LogP contribution in [0.5, 0.6) is 11.8 Å². The molecule has 4 aromatic heterocycles. The Morgan fingerprint density at radius 1 is 0.708 bits per heavy atom. The van der Waals surface area contributed by atoms with Gasteiger partial charge in [-0.25, -0.2) is 61.0 Å². The Kier molecular flexibility index (Phi) is 13.8. The number of likely N-dealkylation sites (tertiary alicyclic amines) is 1. The summed E-state index contributed by atoms with van der Waals surface area (Å²) in [4.78, 5) is 39.8. The van der Waals surface area contributed by atoms with Crippen molar-refractivity contribution in [3.8, 4) is 11.8 Å². The topological polar surface area (TPSA) is 159 Å². The van der Waals surface area contributed by atoms with Crippen LogP contribution >= 0.6 is 0 Å². The fraction of sp³-hybridized carbons (Fsp3) is 0.400. The molecule has 6 heterocycles. The number of amides is 1. The van der Waals surface area contributed by atoms with E-state index in [1.165, 1.54) is 30.5 Å². The number of alkyl halides is 4. The fourth-order valence-corrected chi connectivity index (χ4v) is 6.93. The minimum absolute atomic E-state index is 0.0483. The van der Waals surface area contributed by atoms with E-state index in [1.54, 1.807) is 71.7 Å². The van der Waals surface area contributed by atoms with Crippen molar-refractivity contribution in [2.24, 2.45) is 0 Å². The van der Waals surface area contributed by atoms with Gasteiger partial charge in [-0.05, 0) is 48.5 Å². The number of aryl methyl sites for hydroxylation is 2. The molecule has 0 spiro atoms. The molecule has 65 heavy (non-hydrogen) atoms. The van der Waals surface area contributed by atoms with E-state index >= 15 is 0 Å². The smallest absolute Gasteiger partial charge is 0.410 e. The minimum atomic E-state index is -2.91. The molecule has 2 aliphatic rings. The second-order valence-electron chi connectivity index (χ2n) is 16.6. The van der Waals surface area contributed by atoms with Crippen LogP contribution in [0.3, 0.4) is 0 Å². The summed E-state index contributed by atoms with van der Waals surface area (Å²) in [7, 11) is 0. The van der Waals surface area contributed by atoms with Crippen molar-refractivity contribution >= 4 is 39.5 Å². The van der Waals surface area contributed by atoms with Gasteiger partial charge in [0, 0.05) is 34.0 Å².